The number of benzene rings is 1. The molecule has 1 aromatic carbocycles. The van der Waals surface area contributed by atoms with Crippen LogP contribution in [0.3, 0.4) is 0 Å². The van der Waals surface area contributed by atoms with Crippen LogP contribution in [-0.4, -0.2) is 36.4 Å². The zero-order chi connectivity index (χ0) is 15.4. The molecule has 1 aliphatic heterocycles. The van der Waals surface area contributed by atoms with Gasteiger partial charge in [0.15, 0.2) is 0 Å². The van der Waals surface area contributed by atoms with E-state index in [1.54, 1.807) is 12.0 Å². The largest absolute Gasteiger partial charge is 0.496 e. The predicted molar refractivity (Wildman–Crippen MR) is 79.4 cm³/mol. The summed E-state index contributed by atoms with van der Waals surface area (Å²) < 4.78 is 10.5. The molecule has 5 heteroatoms. The second kappa shape index (κ2) is 6.80. The molecule has 1 aliphatic rings. The standard InChI is InChI=1S/C16H23NO4/c1-4-14-13-9-15(20-3)12(10-18)8-11(13)6-7-17(14)16(19)21-5-2/h8-9,14,18H,4-7,10H2,1-3H3. The number of fused-ring (bicyclic) bond motifs is 1. The maximum atomic E-state index is 12.1. The molecule has 1 unspecified atom stereocenters. The Morgan fingerprint density at radius 1 is 1.43 bits per heavy atom. The molecule has 0 spiro atoms. The minimum Gasteiger partial charge on any atom is -0.496 e. The van der Waals surface area contributed by atoms with E-state index in [9.17, 15) is 9.90 Å². The van der Waals surface area contributed by atoms with E-state index in [1.165, 1.54) is 5.56 Å². The zero-order valence-electron chi connectivity index (χ0n) is 12.9. The molecular formula is C16H23NO4. The van der Waals surface area contributed by atoms with Crippen molar-refractivity contribution in [3.63, 3.8) is 0 Å². The third kappa shape index (κ3) is 2.97. The van der Waals surface area contributed by atoms with Crippen LogP contribution in [0.25, 0.3) is 0 Å². The molecule has 0 aliphatic carbocycles. The summed E-state index contributed by atoms with van der Waals surface area (Å²) in [6, 6.07) is 3.93. The Morgan fingerprint density at radius 3 is 2.76 bits per heavy atom. The van der Waals surface area contributed by atoms with E-state index in [0.717, 1.165) is 24.0 Å². The highest BCUT2D eigenvalue weighted by Crippen LogP contribution is 2.36. The van der Waals surface area contributed by atoms with Gasteiger partial charge in [-0.3, -0.25) is 0 Å². The van der Waals surface area contributed by atoms with Crippen LogP contribution in [-0.2, 0) is 17.8 Å². The van der Waals surface area contributed by atoms with Crippen molar-refractivity contribution in [2.45, 2.75) is 39.3 Å². The number of carbonyl (C=O) groups is 1. The quantitative estimate of drug-likeness (QED) is 0.927. The minimum absolute atomic E-state index is 0.00515. The van der Waals surface area contributed by atoms with Crippen LogP contribution in [0.5, 0.6) is 5.75 Å². The first-order chi connectivity index (χ1) is 10.2. The van der Waals surface area contributed by atoms with Gasteiger partial charge < -0.3 is 19.5 Å². The number of amides is 1. The molecule has 1 amide bonds. The number of aliphatic hydroxyl groups is 1. The first-order valence-electron chi connectivity index (χ1n) is 7.40. The molecule has 5 nitrogen and oxygen atoms in total. The van der Waals surface area contributed by atoms with Crippen LogP contribution < -0.4 is 4.74 Å². The summed E-state index contributed by atoms with van der Waals surface area (Å²) in [5, 5.41) is 9.42. The van der Waals surface area contributed by atoms with Gasteiger partial charge in [0, 0.05) is 12.1 Å². The number of rotatable bonds is 4. The maximum absolute atomic E-state index is 12.1. The summed E-state index contributed by atoms with van der Waals surface area (Å²) in [7, 11) is 1.59. The van der Waals surface area contributed by atoms with Gasteiger partial charge in [-0.15, -0.1) is 0 Å². The lowest BCUT2D eigenvalue weighted by Crippen LogP contribution is -2.40. The van der Waals surface area contributed by atoms with Gasteiger partial charge in [-0.1, -0.05) is 6.92 Å². The van der Waals surface area contributed by atoms with Crippen LogP contribution >= 0.6 is 0 Å². The topological polar surface area (TPSA) is 59.0 Å². The molecule has 21 heavy (non-hydrogen) atoms. The fraction of sp³-hybridized carbons (Fsp3) is 0.562. The number of aliphatic hydroxyl groups excluding tert-OH is 1. The second-order valence-electron chi connectivity index (χ2n) is 5.09. The molecule has 0 fully saturated rings. The van der Waals surface area contributed by atoms with Gasteiger partial charge in [0.1, 0.15) is 5.75 Å². The van der Waals surface area contributed by atoms with Crippen molar-refractivity contribution in [1.82, 2.24) is 4.90 Å². The van der Waals surface area contributed by atoms with E-state index in [4.69, 9.17) is 9.47 Å². The van der Waals surface area contributed by atoms with Crippen molar-refractivity contribution in [3.05, 3.63) is 28.8 Å². The summed E-state index contributed by atoms with van der Waals surface area (Å²) in [6.45, 7) is 4.84. The minimum atomic E-state index is -0.264. The van der Waals surface area contributed by atoms with Gasteiger partial charge in [-0.25, -0.2) is 4.79 Å². The Morgan fingerprint density at radius 2 is 2.19 bits per heavy atom. The molecule has 1 heterocycles. The highest BCUT2D eigenvalue weighted by atomic mass is 16.6. The summed E-state index contributed by atoms with van der Waals surface area (Å²) >= 11 is 0. The average molecular weight is 293 g/mol. The van der Waals surface area contributed by atoms with E-state index in [1.807, 2.05) is 19.1 Å². The van der Waals surface area contributed by atoms with Crippen molar-refractivity contribution >= 4 is 6.09 Å². The van der Waals surface area contributed by atoms with Crippen molar-refractivity contribution in [3.8, 4) is 5.75 Å². The molecule has 0 saturated carbocycles. The summed E-state index contributed by atoms with van der Waals surface area (Å²) in [5.74, 6) is 0.667. The number of carbonyl (C=O) groups excluding carboxylic acids is 1. The van der Waals surface area contributed by atoms with E-state index in [0.29, 0.717) is 18.9 Å². The lowest BCUT2D eigenvalue weighted by atomic mass is 9.89. The number of ether oxygens (including phenoxy) is 2. The van der Waals surface area contributed by atoms with Gasteiger partial charge in [-0.05, 0) is 43.0 Å². The molecule has 1 atom stereocenters. The van der Waals surface area contributed by atoms with Crippen molar-refractivity contribution in [2.24, 2.45) is 0 Å². The van der Waals surface area contributed by atoms with Gasteiger partial charge in [0.05, 0.1) is 26.4 Å². The van der Waals surface area contributed by atoms with Crippen molar-refractivity contribution in [1.29, 1.82) is 0 Å². The highest BCUT2D eigenvalue weighted by Gasteiger charge is 2.31. The molecule has 116 valence electrons. The first kappa shape index (κ1) is 15.6. The monoisotopic (exact) mass is 293 g/mol. The third-order valence-corrected chi connectivity index (χ3v) is 3.96. The number of methoxy groups -OCH3 is 1. The van der Waals surface area contributed by atoms with Gasteiger partial charge in [-0.2, -0.15) is 0 Å². The molecule has 0 bridgehead atoms. The average Bonchev–Trinajstić information content (AvgIpc) is 2.52. The SMILES string of the molecule is CCOC(=O)N1CCc2cc(CO)c(OC)cc2C1CC. The van der Waals surface area contributed by atoms with E-state index >= 15 is 0 Å². The Hall–Kier alpha value is -1.75. The van der Waals surface area contributed by atoms with Gasteiger partial charge in [0.2, 0.25) is 0 Å². The van der Waals surface area contributed by atoms with Gasteiger partial charge >= 0.3 is 6.09 Å². The smallest absolute Gasteiger partial charge is 0.410 e. The van der Waals surface area contributed by atoms with Crippen LogP contribution in [0.2, 0.25) is 0 Å². The highest BCUT2D eigenvalue weighted by molar-refractivity contribution is 5.69. The summed E-state index contributed by atoms with van der Waals surface area (Å²) in [6.07, 6.45) is 1.31. The normalized spacial score (nSPS) is 17.3. The molecule has 2 rings (SSSR count). The van der Waals surface area contributed by atoms with Gasteiger partial charge in [0.25, 0.3) is 0 Å². The second-order valence-corrected chi connectivity index (χ2v) is 5.09. The molecule has 0 aromatic heterocycles. The molecule has 0 radical (unpaired) electrons. The summed E-state index contributed by atoms with van der Waals surface area (Å²) in [5.41, 5.74) is 3.05. The molecule has 0 saturated heterocycles. The van der Waals surface area contributed by atoms with Crippen molar-refractivity contribution in [2.75, 3.05) is 20.3 Å². The molecular weight excluding hydrogens is 270 g/mol. The van der Waals surface area contributed by atoms with Crippen LogP contribution in [0.15, 0.2) is 12.1 Å². The first-order valence-corrected chi connectivity index (χ1v) is 7.40. The fourth-order valence-electron chi connectivity index (χ4n) is 2.96. The Balaban J connectivity index is 2.39. The molecule has 1 N–H and O–H groups in total. The summed E-state index contributed by atoms with van der Waals surface area (Å²) in [4.78, 5) is 13.9. The number of hydrogen-bond acceptors (Lipinski definition) is 4. The lowest BCUT2D eigenvalue weighted by molar-refractivity contribution is 0.0854. The lowest BCUT2D eigenvalue weighted by Gasteiger charge is -2.36. The zero-order valence-corrected chi connectivity index (χ0v) is 12.9. The fourth-order valence-corrected chi connectivity index (χ4v) is 2.96. The van der Waals surface area contributed by atoms with Crippen molar-refractivity contribution < 1.29 is 19.4 Å². The Labute approximate surface area is 125 Å². The maximum Gasteiger partial charge on any atom is 0.410 e. The van der Waals surface area contributed by atoms with Crippen LogP contribution in [0.4, 0.5) is 4.79 Å². The van der Waals surface area contributed by atoms with E-state index in [-0.39, 0.29) is 18.7 Å². The van der Waals surface area contributed by atoms with E-state index < -0.39 is 0 Å². The number of hydrogen-bond donors (Lipinski definition) is 1. The third-order valence-electron chi connectivity index (χ3n) is 3.96. The number of nitrogens with zero attached hydrogens (tertiary/aromatic N) is 1. The van der Waals surface area contributed by atoms with E-state index in [2.05, 4.69) is 6.92 Å². The van der Waals surface area contributed by atoms with Crippen LogP contribution in [0, 0.1) is 0 Å². The van der Waals surface area contributed by atoms with Crippen LogP contribution in [0.1, 0.15) is 43.0 Å². The predicted octanol–water partition coefficient (Wildman–Crippen LogP) is 2.65. The Kier molecular flexibility index (Phi) is 5.07. The molecule has 1 aromatic rings. The Bertz CT molecular complexity index is 515.